The second-order valence-electron chi connectivity index (χ2n) is 3.49. The fourth-order valence-electron chi connectivity index (χ4n) is 0.802. The van der Waals surface area contributed by atoms with Gasteiger partial charge in [0.1, 0.15) is 12.6 Å². The molecule has 0 heterocycles. The van der Waals surface area contributed by atoms with Crippen LogP contribution in [0.15, 0.2) is 0 Å². The van der Waals surface area contributed by atoms with Gasteiger partial charge in [-0.15, -0.1) is 0 Å². The molecule has 3 nitrogen and oxygen atoms in total. The van der Waals surface area contributed by atoms with E-state index in [-0.39, 0.29) is 18.8 Å². The van der Waals surface area contributed by atoms with Crippen LogP contribution in [0.25, 0.3) is 0 Å². The molecule has 0 aliphatic carbocycles. The lowest BCUT2D eigenvalue weighted by molar-refractivity contribution is -0.873. The summed E-state index contributed by atoms with van der Waals surface area (Å²) < 4.78 is 0.697. The zero-order valence-electron chi connectivity index (χ0n) is 7.21. The third-order valence-electron chi connectivity index (χ3n) is 1.09. The molecule has 0 rings (SSSR count). The Labute approximate surface area is 74.2 Å². The Balaban J connectivity index is 0. The topological polar surface area (TPSA) is 44.0 Å². The van der Waals surface area contributed by atoms with Crippen molar-refractivity contribution in [2.24, 2.45) is 0 Å². The smallest absolute Gasteiger partial charge is 0.116 e. The number of nitriles is 1. The van der Waals surface area contributed by atoms with Gasteiger partial charge in [0.05, 0.1) is 33.6 Å². The van der Waals surface area contributed by atoms with Crippen LogP contribution < -0.4 is 12.4 Å². The van der Waals surface area contributed by atoms with E-state index in [1.165, 1.54) is 0 Å². The molecule has 0 aliphatic rings. The minimum atomic E-state index is -0.481. The number of nitrogens with zero attached hydrogens (tertiary/aromatic N) is 2. The largest absolute Gasteiger partial charge is 1.00 e. The first-order valence-electron chi connectivity index (χ1n) is 3.31. The molecule has 0 aromatic heterocycles. The Kier molecular flexibility index (Phi) is 6.49. The molecule has 0 saturated carbocycles. The molecule has 4 heteroatoms. The van der Waals surface area contributed by atoms with E-state index in [4.69, 9.17) is 10.4 Å². The zero-order valence-corrected chi connectivity index (χ0v) is 7.97. The molecule has 1 N–H and O–H groups in total. The standard InChI is InChI=1S/C7H15N2O.ClH/c1-9(2,3)6-7(10)4-5-8;/h7,10H,4,6H2,1-3H3;1H/q+1;/p-1. The van der Waals surface area contributed by atoms with Gasteiger partial charge in [0.25, 0.3) is 0 Å². The van der Waals surface area contributed by atoms with Gasteiger partial charge < -0.3 is 22.0 Å². The van der Waals surface area contributed by atoms with E-state index in [0.717, 1.165) is 0 Å². The van der Waals surface area contributed by atoms with Crippen molar-refractivity contribution in [2.45, 2.75) is 12.5 Å². The van der Waals surface area contributed by atoms with Crippen LogP contribution in [0.5, 0.6) is 0 Å². The molecule has 0 bridgehead atoms. The predicted molar refractivity (Wildman–Crippen MR) is 39.1 cm³/mol. The van der Waals surface area contributed by atoms with E-state index >= 15 is 0 Å². The van der Waals surface area contributed by atoms with Gasteiger partial charge >= 0.3 is 0 Å². The molecule has 1 atom stereocenters. The fourth-order valence-corrected chi connectivity index (χ4v) is 0.802. The number of rotatable bonds is 3. The van der Waals surface area contributed by atoms with Crippen LogP contribution in [-0.2, 0) is 0 Å². The van der Waals surface area contributed by atoms with Gasteiger partial charge in [0, 0.05) is 0 Å². The first-order chi connectivity index (χ1) is 4.45. The highest BCUT2D eigenvalue weighted by molar-refractivity contribution is 4.74. The summed E-state index contributed by atoms with van der Waals surface area (Å²) in [6, 6.07) is 1.93. The molecular weight excluding hydrogens is 164 g/mol. The van der Waals surface area contributed by atoms with Crippen LogP contribution in [-0.4, -0.2) is 43.4 Å². The Morgan fingerprint density at radius 3 is 2.18 bits per heavy atom. The lowest BCUT2D eigenvalue weighted by atomic mass is 10.2. The van der Waals surface area contributed by atoms with E-state index < -0.39 is 6.10 Å². The van der Waals surface area contributed by atoms with Crippen LogP contribution in [0.1, 0.15) is 6.42 Å². The number of likely N-dealkylation sites (N-methyl/N-ethyl adjacent to an activating group) is 1. The Morgan fingerprint density at radius 1 is 1.45 bits per heavy atom. The van der Waals surface area contributed by atoms with Crippen molar-refractivity contribution in [3.8, 4) is 6.07 Å². The van der Waals surface area contributed by atoms with Crippen LogP contribution in [0, 0.1) is 11.3 Å². The number of aliphatic hydroxyl groups excluding tert-OH is 1. The first kappa shape index (κ1) is 13.3. The Hall–Kier alpha value is -0.300. The first-order valence-corrected chi connectivity index (χ1v) is 3.31. The van der Waals surface area contributed by atoms with Crippen molar-refractivity contribution in [1.82, 2.24) is 0 Å². The monoisotopic (exact) mass is 178 g/mol. The molecular formula is C7H15ClN2O. The maximum Gasteiger partial charge on any atom is 0.116 e. The minimum absolute atomic E-state index is 0. The summed E-state index contributed by atoms with van der Waals surface area (Å²) in [5.41, 5.74) is 0. The van der Waals surface area contributed by atoms with Crippen molar-refractivity contribution in [3.63, 3.8) is 0 Å². The van der Waals surface area contributed by atoms with Gasteiger partial charge in [-0.1, -0.05) is 0 Å². The third kappa shape index (κ3) is 9.70. The second-order valence-corrected chi connectivity index (χ2v) is 3.49. The highest BCUT2D eigenvalue weighted by atomic mass is 35.5. The van der Waals surface area contributed by atoms with Crippen LogP contribution in [0.4, 0.5) is 0 Å². The maximum absolute atomic E-state index is 9.15. The molecule has 0 aliphatic heterocycles. The average Bonchev–Trinajstić information content (AvgIpc) is 1.59. The molecule has 11 heavy (non-hydrogen) atoms. The minimum Gasteiger partial charge on any atom is -1.00 e. The fraction of sp³-hybridized carbons (Fsp3) is 0.857. The lowest BCUT2D eigenvalue weighted by Gasteiger charge is -2.25. The zero-order chi connectivity index (χ0) is 8.20. The molecule has 0 aromatic carbocycles. The van der Waals surface area contributed by atoms with E-state index in [1.807, 2.05) is 27.2 Å². The van der Waals surface area contributed by atoms with Crippen LogP contribution >= 0.6 is 0 Å². The van der Waals surface area contributed by atoms with Gasteiger partial charge in [0.15, 0.2) is 0 Å². The van der Waals surface area contributed by atoms with Crippen LogP contribution in [0.2, 0.25) is 0 Å². The summed E-state index contributed by atoms with van der Waals surface area (Å²) in [5, 5.41) is 17.4. The summed E-state index contributed by atoms with van der Waals surface area (Å²) in [6.45, 7) is 0.633. The highest BCUT2D eigenvalue weighted by Gasteiger charge is 2.14. The molecule has 0 saturated heterocycles. The number of quaternary nitrogens is 1. The SMILES string of the molecule is C[N+](C)(C)CC(O)CC#N.[Cl-]. The molecule has 0 radical (unpaired) electrons. The number of halogens is 1. The van der Waals surface area contributed by atoms with Gasteiger partial charge in [0.2, 0.25) is 0 Å². The molecule has 66 valence electrons. The summed E-state index contributed by atoms with van der Waals surface area (Å²) in [4.78, 5) is 0. The molecule has 0 spiro atoms. The van der Waals surface area contributed by atoms with Gasteiger partial charge in [-0.3, -0.25) is 0 Å². The van der Waals surface area contributed by atoms with Crippen molar-refractivity contribution < 1.29 is 22.0 Å². The quantitative estimate of drug-likeness (QED) is 0.468. The van der Waals surface area contributed by atoms with Crippen molar-refractivity contribution in [1.29, 1.82) is 5.26 Å². The number of hydrogen-bond donors (Lipinski definition) is 1. The van der Waals surface area contributed by atoms with Gasteiger partial charge in [-0.25, -0.2) is 0 Å². The highest BCUT2D eigenvalue weighted by Crippen LogP contribution is 1.97. The maximum atomic E-state index is 9.15. The summed E-state index contributed by atoms with van der Waals surface area (Å²) in [6.07, 6.45) is -0.250. The van der Waals surface area contributed by atoms with Crippen LogP contribution in [0.3, 0.4) is 0 Å². The molecule has 0 aromatic rings. The predicted octanol–water partition coefficient (Wildman–Crippen LogP) is -3.03. The lowest BCUT2D eigenvalue weighted by Crippen LogP contribution is -3.00. The van der Waals surface area contributed by atoms with Gasteiger partial charge in [-0.05, 0) is 0 Å². The Morgan fingerprint density at radius 2 is 1.91 bits per heavy atom. The van der Waals surface area contributed by atoms with E-state index in [0.29, 0.717) is 11.0 Å². The molecule has 1 unspecified atom stereocenters. The summed E-state index contributed by atoms with van der Waals surface area (Å²) in [7, 11) is 5.96. The van der Waals surface area contributed by atoms with E-state index in [9.17, 15) is 0 Å². The average molecular weight is 179 g/mol. The van der Waals surface area contributed by atoms with Crippen molar-refractivity contribution in [2.75, 3.05) is 27.7 Å². The Bertz CT molecular complexity index is 136. The van der Waals surface area contributed by atoms with E-state index in [1.54, 1.807) is 0 Å². The van der Waals surface area contributed by atoms with E-state index in [2.05, 4.69) is 0 Å². The number of hydrogen-bond acceptors (Lipinski definition) is 2. The normalized spacial score (nSPS) is 13.0. The second kappa shape index (κ2) is 5.36. The van der Waals surface area contributed by atoms with Crippen molar-refractivity contribution >= 4 is 0 Å². The van der Waals surface area contributed by atoms with Crippen molar-refractivity contribution in [3.05, 3.63) is 0 Å². The molecule has 0 amide bonds. The number of aliphatic hydroxyl groups is 1. The third-order valence-corrected chi connectivity index (χ3v) is 1.09. The van der Waals surface area contributed by atoms with Gasteiger partial charge in [-0.2, -0.15) is 5.26 Å². The molecule has 0 fully saturated rings. The summed E-state index contributed by atoms with van der Waals surface area (Å²) >= 11 is 0. The summed E-state index contributed by atoms with van der Waals surface area (Å²) in [5.74, 6) is 0.